The van der Waals surface area contributed by atoms with Gasteiger partial charge in [0, 0.05) is 10.5 Å². The summed E-state index contributed by atoms with van der Waals surface area (Å²) in [5.41, 5.74) is 3.53. The van der Waals surface area contributed by atoms with Gasteiger partial charge < -0.3 is 15.2 Å². The summed E-state index contributed by atoms with van der Waals surface area (Å²) in [7, 11) is 1.67. The molecular weight excluding hydrogens is 330 g/mol. The van der Waals surface area contributed by atoms with Crippen LogP contribution >= 0.6 is 15.9 Å². The third kappa shape index (κ3) is 3.00. The first kappa shape index (κ1) is 14.3. The van der Waals surface area contributed by atoms with Gasteiger partial charge in [-0.25, -0.2) is 0 Å². The van der Waals surface area contributed by atoms with Crippen LogP contribution in [0.25, 0.3) is 0 Å². The van der Waals surface area contributed by atoms with Crippen LogP contribution in [0, 0.1) is 0 Å². The van der Waals surface area contributed by atoms with Crippen molar-refractivity contribution in [1.82, 2.24) is 0 Å². The van der Waals surface area contributed by atoms with Crippen molar-refractivity contribution in [1.29, 1.82) is 0 Å². The Morgan fingerprint density at radius 1 is 1.24 bits per heavy atom. The second-order valence-corrected chi connectivity index (χ2v) is 6.17. The fraction of sp³-hybridized carbons (Fsp3) is 0.294. The highest BCUT2D eigenvalue weighted by Gasteiger charge is 2.21. The molecule has 0 aromatic heterocycles. The summed E-state index contributed by atoms with van der Waals surface area (Å²) < 4.78 is 6.31. The van der Waals surface area contributed by atoms with E-state index < -0.39 is 0 Å². The summed E-state index contributed by atoms with van der Waals surface area (Å²) in [5, 5.41) is 13.2. The molecule has 0 radical (unpaired) electrons. The van der Waals surface area contributed by atoms with Crippen LogP contribution < -0.4 is 10.1 Å². The molecule has 21 heavy (non-hydrogen) atoms. The lowest BCUT2D eigenvalue weighted by molar-refractivity contribution is 0.415. The average Bonchev–Trinajstić information content (AvgIpc) is 2.49. The Kier molecular flexibility index (Phi) is 4.06. The highest BCUT2D eigenvalue weighted by atomic mass is 79.9. The lowest BCUT2D eigenvalue weighted by Crippen LogP contribution is -2.17. The molecule has 0 amide bonds. The predicted octanol–water partition coefficient (Wildman–Crippen LogP) is 4.65. The molecule has 0 fully saturated rings. The third-order valence-electron chi connectivity index (χ3n) is 3.94. The largest absolute Gasteiger partial charge is 0.508 e. The minimum Gasteiger partial charge on any atom is -0.508 e. The number of aromatic hydroxyl groups is 1. The van der Waals surface area contributed by atoms with Crippen molar-refractivity contribution >= 4 is 21.6 Å². The van der Waals surface area contributed by atoms with E-state index in [-0.39, 0.29) is 6.04 Å². The van der Waals surface area contributed by atoms with Crippen LogP contribution in [0.2, 0.25) is 0 Å². The molecule has 1 aliphatic carbocycles. The number of anilines is 1. The predicted molar refractivity (Wildman–Crippen MR) is 88.1 cm³/mol. The van der Waals surface area contributed by atoms with Gasteiger partial charge in [-0.15, -0.1) is 0 Å². The van der Waals surface area contributed by atoms with Gasteiger partial charge in [-0.3, -0.25) is 0 Å². The summed E-state index contributed by atoms with van der Waals surface area (Å²) in [6, 6.07) is 11.8. The number of nitrogens with one attached hydrogen (secondary N) is 1. The molecule has 0 saturated carbocycles. The van der Waals surface area contributed by atoms with Crippen molar-refractivity contribution in [2.24, 2.45) is 0 Å². The number of rotatable bonds is 3. The molecule has 110 valence electrons. The minimum atomic E-state index is 0.262. The summed E-state index contributed by atoms with van der Waals surface area (Å²) in [4.78, 5) is 0. The number of methoxy groups -OCH3 is 1. The van der Waals surface area contributed by atoms with Gasteiger partial charge in [0.25, 0.3) is 0 Å². The second kappa shape index (κ2) is 5.98. The number of phenols is 1. The van der Waals surface area contributed by atoms with Gasteiger partial charge in [0.2, 0.25) is 0 Å². The van der Waals surface area contributed by atoms with Crippen molar-refractivity contribution in [2.75, 3.05) is 12.4 Å². The van der Waals surface area contributed by atoms with Crippen LogP contribution in [0.1, 0.15) is 30.0 Å². The van der Waals surface area contributed by atoms with E-state index in [9.17, 15) is 5.11 Å². The Bertz CT molecular complexity index is 657. The number of fused-ring (bicyclic) bond motifs is 1. The van der Waals surface area contributed by atoms with Crippen molar-refractivity contribution < 1.29 is 9.84 Å². The number of benzene rings is 2. The molecule has 3 rings (SSSR count). The zero-order valence-electron chi connectivity index (χ0n) is 11.9. The van der Waals surface area contributed by atoms with Crippen molar-refractivity contribution in [2.45, 2.75) is 25.3 Å². The first-order chi connectivity index (χ1) is 10.2. The van der Waals surface area contributed by atoms with Gasteiger partial charge in [-0.2, -0.15) is 0 Å². The van der Waals surface area contributed by atoms with E-state index >= 15 is 0 Å². The highest BCUT2D eigenvalue weighted by molar-refractivity contribution is 9.10. The third-order valence-corrected chi connectivity index (χ3v) is 4.64. The molecule has 0 saturated heterocycles. The standard InChI is InChI=1S/C17H18BrNO2/c1-21-13-6-8-15(18)17(10-13)19-16-4-2-3-11-9-12(20)5-7-14(11)16/h5-10,16,19-20H,2-4H2,1H3. The van der Waals surface area contributed by atoms with E-state index in [1.807, 2.05) is 30.3 Å². The maximum atomic E-state index is 9.63. The quantitative estimate of drug-likeness (QED) is 0.848. The molecule has 2 aromatic rings. The van der Waals surface area contributed by atoms with Crippen LogP contribution in [0.15, 0.2) is 40.9 Å². The average molecular weight is 348 g/mol. The molecule has 0 bridgehead atoms. The number of hydrogen-bond donors (Lipinski definition) is 2. The first-order valence-electron chi connectivity index (χ1n) is 7.09. The zero-order valence-corrected chi connectivity index (χ0v) is 13.5. The molecule has 2 N–H and O–H groups in total. The minimum absolute atomic E-state index is 0.262. The monoisotopic (exact) mass is 347 g/mol. The Hall–Kier alpha value is -1.68. The van der Waals surface area contributed by atoms with E-state index in [1.54, 1.807) is 13.2 Å². The SMILES string of the molecule is COc1ccc(Br)c(NC2CCCc3cc(O)ccc32)c1. The van der Waals surface area contributed by atoms with Gasteiger partial charge in [0.05, 0.1) is 18.8 Å². The molecular formula is C17H18BrNO2. The number of hydrogen-bond acceptors (Lipinski definition) is 3. The van der Waals surface area contributed by atoms with Gasteiger partial charge in [-0.05, 0) is 70.6 Å². The van der Waals surface area contributed by atoms with Gasteiger partial charge >= 0.3 is 0 Å². The molecule has 2 aromatic carbocycles. The lowest BCUT2D eigenvalue weighted by atomic mass is 9.87. The highest BCUT2D eigenvalue weighted by Crippen LogP contribution is 2.37. The zero-order chi connectivity index (χ0) is 14.8. The van der Waals surface area contributed by atoms with Crippen LogP contribution in [0.3, 0.4) is 0 Å². The summed E-state index contributed by atoms with van der Waals surface area (Å²) in [5.74, 6) is 1.18. The Balaban J connectivity index is 1.90. The number of ether oxygens (including phenoxy) is 1. The first-order valence-corrected chi connectivity index (χ1v) is 7.88. The molecule has 1 atom stereocenters. The van der Waals surface area contributed by atoms with E-state index in [1.165, 1.54) is 11.1 Å². The summed E-state index contributed by atoms with van der Waals surface area (Å²) >= 11 is 3.58. The maximum absolute atomic E-state index is 9.63. The normalized spacial score (nSPS) is 17.1. The topological polar surface area (TPSA) is 41.5 Å². The van der Waals surface area contributed by atoms with Crippen LogP contribution in [-0.4, -0.2) is 12.2 Å². The molecule has 0 spiro atoms. The van der Waals surface area contributed by atoms with Crippen molar-refractivity contribution in [3.8, 4) is 11.5 Å². The fourth-order valence-corrected chi connectivity index (χ4v) is 3.24. The van der Waals surface area contributed by atoms with Crippen LogP contribution in [-0.2, 0) is 6.42 Å². The van der Waals surface area contributed by atoms with E-state index in [0.29, 0.717) is 5.75 Å². The van der Waals surface area contributed by atoms with E-state index in [2.05, 4.69) is 21.2 Å². The summed E-state index contributed by atoms with van der Waals surface area (Å²) in [6.07, 6.45) is 3.23. The summed E-state index contributed by atoms with van der Waals surface area (Å²) in [6.45, 7) is 0. The Labute approximate surface area is 133 Å². The second-order valence-electron chi connectivity index (χ2n) is 5.32. The van der Waals surface area contributed by atoms with Gasteiger partial charge in [0.1, 0.15) is 11.5 Å². The molecule has 3 nitrogen and oxygen atoms in total. The van der Waals surface area contributed by atoms with Crippen molar-refractivity contribution in [3.05, 3.63) is 52.0 Å². The Morgan fingerprint density at radius 3 is 2.90 bits per heavy atom. The Morgan fingerprint density at radius 2 is 2.10 bits per heavy atom. The molecule has 4 heteroatoms. The molecule has 0 heterocycles. The number of halogens is 1. The van der Waals surface area contributed by atoms with Gasteiger partial charge in [-0.1, -0.05) is 6.07 Å². The molecule has 0 aliphatic heterocycles. The van der Waals surface area contributed by atoms with Crippen molar-refractivity contribution in [3.63, 3.8) is 0 Å². The molecule has 1 unspecified atom stereocenters. The van der Waals surface area contributed by atoms with E-state index in [4.69, 9.17) is 4.74 Å². The maximum Gasteiger partial charge on any atom is 0.121 e. The van der Waals surface area contributed by atoms with E-state index in [0.717, 1.165) is 35.2 Å². The van der Waals surface area contributed by atoms with Crippen LogP contribution in [0.4, 0.5) is 5.69 Å². The number of aryl methyl sites for hydroxylation is 1. The smallest absolute Gasteiger partial charge is 0.121 e. The molecule has 1 aliphatic rings. The van der Waals surface area contributed by atoms with Crippen LogP contribution in [0.5, 0.6) is 11.5 Å². The fourth-order valence-electron chi connectivity index (χ4n) is 2.88. The number of phenolic OH excluding ortho intramolecular Hbond substituents is 1. The van der Waals surface area contributed by atoms with Gasteiger partial charge in [0.15, 0.2) is 0 Å². The lowest BCUT2D eigenvalue weighted by Gasteiger charge is -2.28.